The number of likely N-dealkylation sites (tertiary alicyclic amines) is 1. The number of imidazole rings is 1. The molecule has 1 saturated heterocycles. The second-order valence-electron chi connectivity index (χ2n) is 8.53. The second-order valence-corrected chi connectivity index (χ2v) is 8.53. The van der Waals surface area contributed by atoms with Gasteiger partial charge in [-0.25, -0.2) is 4.79 Å². The van der Waals surface area contributed by atoms with E-state index in [-0.39, 0.29) is 17.6 Å². The third kappa shape index (κ3) is 5.25. The predicted molar refractivity (Wildman–Crippen MR) is 126 cm³/mol. The number of para-hydroxylation sites is 2. The highest BCUT2D eigenvalue weighted by atomic mass is 16.2. The maximum Gasteiger partial charge on any atom is 0.326 e. The van der Waals surface area contributed by atoms with Gasteiger partial charge in [0.25, 0.3) is 0 Å². The molecule has 3 aromatic rings. The number of nitrogens with one attached hydrogen (secondary N) is 2. The molecule has 1 aromatic heterocycles. The first-order valence-corrected chi connectivity index (χ1v) is 11.4. The molecule has 0 atom stereocenters. The molecule has 0 bridgehead atoms. The molecule has 0 radical (unpaired) electrons. The largest absolute Gasteiger partial charge is 0.326 e. The molecular formula is C25H32N4O2. The van der Waals surface area contributed by atoms with Gasteiger partial charge in [-0.3, -0.25) is 14.3 Å². The van der Waals surface area contributed by atoms with Gasteiger partial charge in [0.2, 0.25) is 5.91 Å². The molecule has 31 heavy (non-hydrogen) atoms. The summed E-state index contributed by atoms with van der Waals surface area (Å²) in [5, 5.41) is 3.01. The molecule has 2 heterocycles. The third-order valence-electron chi connectivity index (χ3n) is 6.22. The number of fused-ring (bicyclic) bond motifs is 1. The summed E-state index contributed by atoms with van der Waals surface area (Å²) >= 11 is 0. The minimum absolute atomic E-state index is 0.0152. The third-order valence-corrected chi connectivity index (χ3v) is 6.22. The first-order valence-electron chi connectivity index (χ1n) is 11.4. The second kappa shape index (κ2) is 9.96. The van der Waals surface area contributed by atoms with Crippen LogP contribution in [0.1, 0.15) is 50.6 Å². The van der Waals surface area contributed by atoms with E-state index in [0.29, 0.717) is 6.54 Å². The number of aromatic nitrogens is 2. The SMILES string of the molecule is CCCCCc1ccc(NC(=O)CN2CCC(n3c(=O)[nH]c4ccccc43)CC2)cc1. The summed E-state index contributed by atoms with van der Waals surface area (Å²) in [7, 11) is 0. The van der Waals surface area contributed by atoms with Crippen molar-refractivity contribution in [3.05, 3.63) is 64.6 Å². The van der Waals surface area contributed by atoms with Gasteiger partial charge < -0.3 is 10.3 Å². The molecule has 2 aromatic carbocycles. The summed E-state index contributed by atoms with van der Waals surface area (Å²) < 4.78 is 1.88. The van der Waals surface area contributed by atoms with Crippen molar-refractivity contribution in [1.82, 2.24) is 14.5 Å². The van der Waals surface area contributed by atoms with Gasteiger partial charge in [0.05, 0.1) is 17.6 Å². The Hall–Kier alpha value is -2.86. The van der Waals surface area contributed by atoms with Crippen LogP contribution in [0.15, 0.2) is 53.3 Å². The topological polar surface area (TPSA) is 70.1 Å². The first-order chi connectivity index (χ1) is 15.1. The van der Waals surface area contributed by atoms with Crippen molar-refractivity contribution < 1.29 is 4.79 Å². The number of aromatic amines is 1. The van der Waals surface area contributed by atoms with E-state index < -0.39 is 0 Å². The monoisotopic (exact) mass is 420 g/mol. The Labute approximate surface area is 183 Å². The molecule has 4 rings (SSSR count). The molecule has 2 N–H and O–H groups in total. The minimum atomic E-state index is -0.0458. The van der Waals surface area contributed by atoms with Crippen LogP contribution < -0.4 is 11.0 Å². The van der Waals surface area contributed by atoms with Gasteiger partial charge in [-0.15, -0.1) is 0 Å². The Kier molecular flexibility index (Phi) is 6.87. The van der Waals surface area contributed by atoms with Crippen molar-refractivity contribution in [3.63, 3.8) is 0 Å². The van der Waals surface area contributed by atoms with Crippen molar-refractivity contribution in [2.75, 3.05) is 25.0 Å². The zero-order valence-electron chi connectivity index (χ0n) is 18.3. The first kappa shape index (κ1) is 21.4. The van der Waals surface area contributed by atoms with E-state index in [4.69, 9.17) is 0 Å². The summed E-state index contributed by atoms with van der Waals surface area (Å²) in [4.78, 5) is 30.0. The van der Waals surface area contributed by atoms with Crippen LogP contribution in [0, 0.1) is 0 Å². The number of unbranched alkanes of at least 4 members (excludes halogenated alkanes) is 2. The Morgan fingerprint density at radius 3 is 2.55 bits per heavy atom. The van der Waals surface area contributed by atoms with E-state index in [1.165, 1.54) is 24.8 Å². The summed E-state index contributed by atoms with van der Waals surface area (Å²) in [6, 6.07) is 16.2. The highest BCUT2D eigenvalue weighted by Gasteiger charge is 2.24. The van der Waals surface area contributed by atoms with Crippen LogP contribution >= 0.6 is 0 Å². The maximum absolute atomic E-state index is 12.5. The number of hydrogen-bond acceptors (Lipinski definition) is 3. The van der Waals surface area contributed by atoms with Crippen LogP contribution in [0.2, 0.25) is 0 Å². The van der Waals surface area contributed by atoms with E-state index >= 15 is 0 Å². The normalized spacial score (nSPS) is 15.4. The van der Waals surface area contributed by atoms with Crippen molar-refractivity contribution in [3.8, 4) is 0 Å². The number of aryl methyl sites for hydroxylation is 1. The molecular weight excluding hydrogens is 388 g/mol. The summed E-state index contributed by atoms with van der Waals surface area (Å²) in [5.41, 5.74) is 3.97. The lowest BCUT2D eigenvalue weighted by Crippen LogP contribution is -2.40. The van der Waals surface area contributed by atoms with Crippen LogP contribution in [0.5, 0.6) is 0 Å². The smallest absolute Gasteiger partial charge is 0.325 e. The van der Waals surface area contributed by atoms with Gasteiger partial charge in [0.1, 0.15) is 0 Å². The summed E-state index contributed by atoms with van der Waals surface area (Å²) in [5.74, 6) is 0.0152. The fraction of sp³-hybridized carbons (Fsp3) is 0.440. The number of rotatable bonds is 8. The Morgan fingerprint density at radius 1 is 1.06 bits per heavy atom. The molecule has 1 aliphatic heterocycles. The molecule has 0 saturated carbocycles. The van der Waals surface area contributed by atoms with Crippen LogP contribution in [0.4, 0.5) is 5.69 Å². The summed E-state index contributed by atoms with van der Waals surface area (Å²) in [6.07, 6.45) is 6.51. The maximum atomic E-state index is 12.5. The molecule has 0 spiro atoms. The predicted octanol–water partition coefficient (Wildman–Crippen LogP) is 4.34. The molecule has 0 unspecified atom stereocenters. The molecule has 1 fully saturated rings. The summed E-state index contributed by atoms with van der Waals surface area (Å²) in [6.45, 7) is 4.21. The number of H-pyrrole nitrogens is 1. The highest BCUT2D eigenvalue weighted by Crippen LogP contribution is 2.24. The number of benzene rings is 2. The lowest BCUT2D eigenvalue weighted by Gasteiger charge is -2.32. The highest BCUT2D eigenvalue weighted by molar-refractivity contribution is 5.92. The van der Waals surface area contributed by atoms with E-state index in [1.54, 1.807) is 0 Å². The average molecular weight is 421 g/mol. The fourth-order valence-electron chi connectivity index (χ4n) is 4.51. The standard InChI is InChI=1S/C25H32N4O2/c1-2-3-4-7-19-10-12-20(13-11-19)26-24(30)18-28-16-14-21(15-17-28)29-23-9-6-5-8-22(23)27-25(29)31/h5-6,8-13,21H,2-4,7,14-18H2,1H3,(H,26,30)(H,27,31). The van der Waals surface area contributed by atoms with Gasteiger partial charge >= 0.3 is 5.69 Å². The number of amides is 1. The van der Waals surface area contributed by atoms with Gasteiger partial charge in [-0.05, 0) is 55.5 Å². The fourth-order valence-corrected chi connectivity index (χ4v) is 4.51. The Balaban J connectivity index is 1.27. The van der Waals surface area contributed by atoms with Crippen LogP contribution in [-0.2, 0) is 11.2 Å². The molecule has 1 aliphatic rings. The van der Waals surface area contributed by atoms with E-state index in [0.717, 1.165) is 49.1 Å². The minimum Gasteiger partial charge on any atom is -0.325 e. The number of nitrogens with zero attached hydrogens (tertiary/aromatic N) is 2. The molecule has 0 aliphatic carbocycles. The lowest BCUT2D eigenvalue weighted by atomic mass is 10.0. The number of carbonyl (C=O) groups excluding carboxylic acids is 1. The number of anilines is 1. The van der Waals surface area contributed by atoms with Crippen molar-refractivity contribution >= 4 is 22.6 Å². The molecule has 1 amide bonds. The number of hydrogen-bond donors (Lipinski definition) is 2. The van der Waals surface area contributed by atoms with E-state index in [1.807, 2.05) is 41.0 Å². The van der Waals surface area contributed by atoms with Gasteiger partial charge in [0.15, 0.2) is 0 Å². The van der Waals surface area contributed by atoms with Gasteiger partial charge in [-0.2, -0.15) is 0 Å². The van der Waals surface area contributed by atoms with Crippen molar-refractivity contribution in [1.29, 1.82) is 0 Å². The van der Waals surface area contributed by atoms with Crippen molar-refractivity contribution in [2.24, 2.45) is 0 Å². The van der Waals surface area contributed by atoms with Crippen LogP contribution in [0.3, 0.4) is 0 Å². The number of carbonyl (C=O) groups is 1. The van der Waals surface area contributed by atoms with Crippen LogP contribution in [0.25, 0.3) is 11.0 Å². The van der Waals surface area contributed by atoms with E-state index in [2.05, 4.69) is 34.3 Å². The number of piperidine rings is 1. The zero-order chi connectivity index (χ0) is 21.6. The van der Waals surface area contributed by atoms with Crippen LogP contribution in [-0.4, -0.2) is 40.0 Å². The van der Waals surface area contributed by atoms with Crippen molar-refractivity contribution in [2.45, 2.75) is 51.5 Å². The zero-order valence-corrected chi connectivity index (χ0v) is 18.3. The Morgan fingerprint density at radius 2 is 1.81 bits per heavy atom. The molecule has 6 heteroatoms. The quantitative estimate of drug-likeness (QED) is 0.533. The van der Waals surface area contributed by atoms with Gasteiger partial charge in [0, 0.05) is 24.8 Å². The average Bonchev–Trinajstić information content (AvgIpc) is 3.11. The van der Waals surface area contributed by atoms with E-state index in [9.17, 15) is 9.59 Å². The molecule has 164 valence electrons. The lowest BCUT2D eigenvalue weighted by molar-refractivity contribution is -0.117. The Bertz CT molecular complexity index is 1060. The molecule has 6 nitrogen and oxygen atoms in total. The van der Waals surface area contributed by atoms with Gasteiger partial charge in [-0.1, -0.05) is 44.0 Å².